The van der Waals surface area contributed by atoms with Crippen LogP contribution in [0.3, 0.4) is 0 Å². The van der Waals surface area contributed by atoms with E-state index >= 15 is 0 Å². The van der Waals surface area contributed by atoms with Gasteiger partial charge in [0.1, 0.15) is 5.82 Å². The van der Waals surface area contributed by atoms with Gasteiger partial charge in [-0.25, -0.2) is 22.3 Å². The molecule has 1 atom stereocenters. The lowest BCUT2D eigenvalue weighted by Gasteiger charge is -2.16. The van der Waals surface area contributed by atoms with Gasteiger partial charge >= 0.3 is 5.69 Å². The van der Waals surface area contributed by atoms with Crippen molar-refractivity contribution in [2.75, 3.05) is 18.1 Å². The van der Waals surface area contributed by atoms with Crippen LogP contribution in [0.4, 0.5) is 10.2 Å². The Morgan fingerprint density at radius 1 is 1.33 bits per heavy atom. The number of nitrogens with one attached hydrogen (secondary N) is 2. The number of hydrogen-bond acceptors (Lipinski definition) is 5. The Morgan fingerprint density at radius 2 is 2.10 bits per heavy atom. The number of H-pyrrole nitrogens is 1. The smallest absolute Gasteiger partial charge is 0.327 e. The van der Waals surface area contributed by atoms with Crippen molar-refractivity contribution in [1.82, 2.24) is 14.3 Å². The van der Waals surface area contributed by atoms with E-state index in [4.69, 9.17) is 10.5 Å². The number of aromatic nitrogens is 2. The van der Waals surface area contributed by atoms with Gasteiger partial charge in [0, 0.05) is 18.8 Å². The molecule has 10 heteroatoms. The van der Waals surface area contributed by atoms with Crippen LogP contribution in [0.2, 0.25) is 0 Å². The number of ether oxygens (including phenoxy) is 1. The van der Waals surface area contributed by atoms with Crippen molar-refractivity contribution in [1.29, 1.82) is 0 Å². The van der Waals surface area contributed by atoms with Crippen molar-refractivity contribution < 1.29 is 17.5 Å². The van der Waals surface area contributed by atoms with Gasteiger partial charge in [0.05, 0.1) is 12.4 Å². The maximum Gasteiger partial charge on any atom is 0.327 e. The van der Waals surface area contributed by atoms with E-state index in [1.807, 2.05) is 0 Å². The Hall–Kier alpha value is -2.33. The summed E-state index contributed by atoms with van der Waals surface area (Å²) in [6.45, 7) is 2.69. The third kappa shape index (κ3) is 6.60. The van der Waals surface area contributed by atoms with Crippen molar-refractivity contribution in [3.05, 3.63) is 46.3 Å². The van der Waals surface area contributed by atoms with Gasteiger partial charge in [-0.3, -0.25) is 9.55 Å². The van der Waals surface area contributed by atoms with Crippen LogP contribution >= 0.6 is 0 Å². The summed E-state index contributed by atoms with van der Waals surface area (Å²) < 4.78 is 48.4. The van der Waals surface area contributed by atoms with Crippen LogP contribution in [0.1, 0.15) is 50.6 Å². The number of unbranched alkanes of at least 4 members (excludes halogenated alkanes) is 2. The van der Waals surface area contributed by atoms with Crippen LogP contribution < -0.4 is 20.9 Å². The number of sulfonamides is 1. The SMILES string of the molecule is C[C@@H](NS(=O)(=O)CCCCCn1cc(N)[nH]c1=O)c1ccc(F)c(OCC2CC2)c1. The number of aromatic amines is 1. The molecule has 0 unspecified atom stereocenters. The van der Waals surface area contributed by atoms with E-state index in [1.54, 1.807) is 19.1 Å². The van der Waals surface area contributed by atoms with Gasteiger partial charge in [-0.15, -0.1) is 0 Å². The van der Waals surface area contributed by atoms with E-state index in [-0.39, 0.29) is 17.2 Å². The zero-order valence-electron chi connectivity index (χ0n) is 17.1. The fourth-order valence-electron chi connectivity index (χ4n) is 3.16. The lowest BCUT2D eigenvalue weighted by atomic mass is 10.1. The minimum atomic E-state index is -3.50. The summed E-state index contributed by atoms with van der Waals surface area (Å²) in [5, 5.41) is 0. The van der Waals surface area contributed by atoms with Crippen LogP contribution in [0, 0.1) is 11.7 Å². The van der Waals surface area contributed by atoms with Crippen molar-refractivity contribution >= 4 is 15.8 Å². The summed E-state index contributed by atoms with van der Waals surface area (Å²) in [4.78, 5) is 14.0. The first-order valence-corrected chi connectivity index (χ1v) is 11.9. The Labute approximate surface area is 175 Å². The fourth-order valence-corrected chi connectivity index (χ4v) is 4.54. The number of imidazole rings is 1. The Balaban J connectivity index is 1.45. The van der Waals surface area contributed by atoms with Gasteiger partial charge in [0.15, 0.2) is 11.6 Å². The highest BCUT2D eigenvalue weighted by molar-refractivity contribution is 7.89. The van der Waals surface area contributed by atoms with Gasteiger partial charge in [0.2, 0.25) is 10.0 Å². The lowest BCUT2D eigenvalue weighted by molar-refractivity contribution is 0.285. The third-order valence-corrected chi connectivity index (χ3v) is 6.64. The first kappa shape index (κ1) is 22.4. The standard InChI is InChI=1S/C20H29FN4O4S/c1-14(16-7-8-17(21)18(11-16)29-13-15-5-6-15)24-30(27,28)10-4-2-3-9-25-12-19(22)23-20(25)26/h7-8,11-12,14-15,24H,2-6,9-10,13,22H2,1H3,(H,23,26)/t14-/m1/s1. The molecule has 1 aromatic carbocycles. The number of nitrogen functional groups attached to an aromatic ring is 1. The maximum absolute atomic E-state index is 13.9. The van der Waals surface area contributed by atoms with E-state index < -0.39 is 21.9 Å². The molecule has 3 rings (SSSR count). The molecule has 166 valence electrons. The molecular formula is C20H29FN4O4S. The number of hydrogen-bond donors (Lipinski definition) is 3. The monoisotopic (exact) mass is 440 g/mol. The number of halogens is 1. The van der Waals surface area contributed by atoms with E-state index in [0.29, 0.717) is 49.7 Å². The average molecular weight is 441 g/mol. The summed E-state index contributed by atoms with van der Waals surface area (Å²) in [6, 6.07) is 3.93. The Morgan fingerprint density at radius 3 is 2.77 bits per heavy atom. The summed E-state index contributed by atoms with van der Waals surface area (Å²) >= 11 is 0. The van der Waals surface area contributed by atoms with E-state index in [9.17, 15) is 17.6 Å². The van der Waals surface area contributed by atoms with Crippen LogP contribution in [0.5, 0.6) is 5.75 Å². The second kappa shape index (κ2) is 9.65. The largest absolute Gasteiger partial charge is 0.490 e. The molecule has 0 bridgehead atoms. The number of benzene rings is 1. The molecule has 1 aliphatic carbocycles. The zero-order chi connectivity index (χ0) is 21.7. The van der Waals surface area contributed by atoms with Crippen molar-refractivity contribution in [2.24, 2.45) is 5.92 Å². The topological polar surface area (TPSA) is 119 Å². The highest BCUT2D eigenvalue weighted by atomic mass is 32.2. The van der Waals surface area contributed by atoms with Gasteiger partial charge in [0.25, 0.3) is 0 Å². The van der Waals surface area contributed by atoms with Crippen molar-refractivity contribution in [2.45, 2.75) is 51.6 Å². The van der Waals surface area contributed by atoms with Gasteiger partial charge in [-0.05, 0) is 56.2 Å². The first-order valence-electron chi connectivity index (χ1n) is 10.2. The lowest BCUT2D eigenvalue weighted by Crippen LogP contribution is -2.29. The molecule has 8 nitrogen and oxygen atoms in total. The molecule has 1 saturated carbocycles. The number of nitrogens with zero attached hydrogens (tertiary/aromatic N) is 1. The highest BCUT2D eigenvalue weighted by Gasteiger charge is 2.23. The minimum absolute atomic E-state index is 0.0201. The van der Waals surface area contributed by atoms with E-state index in [2.05, 4.69) is 9.71 Å². The molecule has 1 heterocycles. The molecule has 0 radical (unpaired) electrons. The summed E-state index contributed by atoms with van der Waals surface area (Å²) in [6.07, 6.45) is 5.54. The molecule has 1 fully saturated rings. The predicted molar refractivity (Wildman–Crippen MR) is 113 cm³/mol. The molecule has 2 aromatic rings. The third-order valence-electron chi connectivity index (χ3n) is 5.10. The van der Waals surface area contributed by atoms with E-state index in [0.717, 1.165) is 12.8 Å². The number of rotatable bonds is 12. The fraction of sp³-hybridized carbons (Fsp3) is 0.550. The molecule has 1 aromatic heterocycles. The molecule has 0 aliphatic heterocycles. The van der Waals surface area contributed by atoms with Gasteiger partial charge in [-0.2, -0.15) is 0 Å². The van der Waals surface area contributed by atoms with Crippen LogP contribution in [0.15, 0.2) is 29.2 Å². The summed E-state index contributed by atoms with van der Waals surface area (Å²) in [5.74, 6) is 0.497. The normalized spacial score (nSPS) is 15.3. The van der Waals surface area contributed by atoms with Gasteiger partial charge < -0.3 is 10.5 Å². The second-order valence-corrected chi connectivity index (χ2v) is 9.74. The van der Waals surface area contributed by atoms with Gasteiger partial charge in [-0.1, -0.05) is 12.5 Å². The summed E-state index contributed by atoms with van der Waals surface area (Å²) in [7, 11) is -3.50. The Bertz CT molecular complexity index is 1010. The number of nitrogens with two attached hydrogens (primary N) is 1. The molecular weight excluding hydrogens is 411 g/mol. The van der Waals surface area contributed by atoms with E-state index in [1.165, 1.54) is 16.8 Å². The van der Waals surface area contributed by atoms with Crippen LogP contribution in [-0.2, 0) is 16.6 Å². The first-order chi connectivity index (χ1) is 14.2. The van der Waals surface area contributed by atoms with Crippen LogP contribution in [-0.4, -0.2) is 30.3 Å². The molecule has 4 N–H and O–H groups in total. The van der Waals surface area contributed by atoms with Crippen LogP contribution in [0.25, 0.3) is 0 Å². The quantitative estimate of drug-likeness (QED) is 0.438. The number of aryl methyl sites for hydroxylation is 1. The molecule has 0 spiro atoms. The maximum atomic E-state index is 13.9. The minimum Gasteiger partial charge on any atom is -0.490 e. The molecule has 30 heavy (non-hydrogen) atoms. The Kier molecular flexibility index (Phi) is 7.19. The molecule has 0 amide bonds. The predicted octanol–water partition coefficient (Wildman–Crippen LogP) is 2.54. The number of anilines is 1. The molecule has 1 aliphatic rings. The highest BCUT2D eigenvalue weighted by Crippen LogP contribution is 2.31. The summed E-state index contributed by atoms with van der Waals surface area (Å²) in [5.41, 5.74) is 5.90. The molecule has 0 saturated heterocycles. The van der Waals surface area contributed by atoms with Crippen molar-refractivity contribution in [3.63, 3.8) is 0 Å². The average Bonchev–Trinajstić information content (AvgIpc) is 3.44. The second-order valence-electron chi connectivity index (χ2n) is 7.87. The van der Waals surface area contributed by atoms with Crippen molar-refractivity contribution in [3.8, 4) is 5.75 Å². The zero-order valence-corrected chi connectivity index (χ0v) is 17.9.